The van der Waals surface area contributed by atoms with Crippen molar-refractivity contribution in [1.82, 2.24) is 4.57 Å². The van der Waals surface area contributed by atoms with Crippen LogP contribution in [0.15, 0.2) is 48.5 Å². The minimum Gasteiger partial charge on any atom is -0.493 e. The first-order valence-corrected chi connectivity index (χ1v) is 10.6. The van der Waals surface area contributed by atoms with E-state index in [1.54, 1.807) is 26.4 Å². The van der Waals surface area contributed by atoms with Crippen LogP contribution in [-0.2, 0) is 16.1 Å². The van der Waals surface area contributed by atoms with Crippen LogP contribution >= 0.6 is 11.6 Å². The molecule has 32 heavy (non-hydrogen) atoms. The molecule has 0 aliphatic carbocycles. The van der Waals surface area contributed by atoms with Gasteiger partial charge >= 0.3 is 5.97 Å². The highest BCUT2D eigenvalue weighted by Gasteiger charge is 2.34. The van der Waals surface area contributed by atoms with Gasteiger partial charge in [-0.05, 0) is 42.8 Å². The largest absolute Gasteiger partial charge is 0.493 e. The molecule has 7 nitrogen and oxygen atoms in total. The Kier molecular flexibility index (Phi) is 6.41. The number of nitrogens with zero attached hydrogens (tertiary/aromatic N) is 1. The molecule has 0 saturated heterocycles. The van der Waals surface area contributed by atoms with Crippen molar-refractivity contribution in [3.63, 3.8) is 0 Å². The number of rotatable bonds is 7. The Morgan fingerprint density at radius 1 is 1.12 bits per heavy atom. The molecule has 0 amide bonds. The summed E-state index contributed by atoms with van der Waals surface area (Å²) in [6, 6.07) is 14.7. The highest BCUT2D eigenvalue weighted by molar-refractivity contribution is 6.30. The molecule has 3 aromatic rings. The Morgan fingerprint density at radius 2 is 1.94 bits per heavy atom. The van der Waals surface area contributed by atoms with Gasteiger partial charge in [0.05, 0.1) is 38.3 Å². The number of aliphatic hydroxyl groups is 1. The molecule has 0 spiro atoms. The molecule has 2 N–H and O–H groups in total. The summed E-state index contributed by atoms with van der Waals surface area (Å²) in [7, 11) is 3.13. The first kappa shape index (κ1) is 22.2. The average Bonchev–Trinajstić information content (AvgIpc) is 3.17. The molecule has 1 aliphatic heterocycles. The summed E-state index contributed by atoms with van der Waals surface area (Å²) in [4.78, 5) is 11.3. The number of para-hydroxylation sites is 1. The van der Waals surface area contributed by atoms with Gasteiger partial charge in [0.2, 0.25) is 0 Å². The van der Waals surface area contributed by atoms with Crippen LogP contribution in [0.1, 0.15) is 47.6 Å². The van der Waals surface area contributed by atoms with Crippen molar-refractivity contribution in [3.05, 3.63) is 76.1 Å². The molecule has 0 fully saturated rings. The van der Waals surface area contributed by atoms with Gasteiger partial charge in [-0.25, -0.2) is 0 Å². The van der Waals surface area contributed by atoms with E-state index in [1.165, 1.54) is 0 Å². The molecular weight excluding hydrogens is 434 g/mol. The molecule has 2 atom stereocenters. The van der Waals surface area contributed by atoms with Crippen LogP contribution in [0.3, 0.4) is 0 Å². The van der Waals surface area contributed by atoms with Gasteiger partial charge in [0.15, 0.2) is 11.5 Å². The van der Waals surface area contributed by atoms with E-state index >= 15 is 0 Å². The number of carboxylic acid groups (broad SMARTS) is 1. The number of methoxy groups -OCH3 is 2. The summed E-state index contributed by atoms with van der Waals surface area (Å²) in [5.41, 5.74) is 3.74. The van der Waals surface area contributed by atoms with Crippen molar-refractivity contribution in [1.29, 1.82) is 0 Å². The molecular formula is C24H24ClNO6. The van der Waals surface area contributed by atoms with Crippen LogP contribution in [0.25, 0.3) is 5.69 Å². The fraction of sp³-hybridized carbons (Fsp3) is 0.292. The molecule has 0 saturated carbocycles. The number of carboxylic acids is 1. The first-order chi connectivity index (χ1) is 15.5. The number of aliphatic carboxylic acids is 1. The standard InChI is InChI=1S/C24H24ClNO6/c1-30-21-5-3-4-16(24(21)31-2)23-17-12-14(25)6-8-18(17)26-15(13-27)7-9-19(26)20(32-23)10-11-22(28)29/h3-9,12,20,23,27H,10-11,13H2,1-2H3,(H,28,29)/t20-,23-/m1/s1. The van der Waals surface area contributed by atoms with Gasteiger partial charge in [-0.15, -0.1) is 0 Å². The number of aliphatic hydroxyl groups excluding tert-OH is 1. The van der Waals surface area contributed by atoms with Crippen LogP contribution in [0.5, 0.6) is 11.5 Å². The quantitative estimate of drug-likeness (QED) is 0.536. The van der Waals surface area contributed by atoms with Crippen LogP contribution in [0.4, 0.5) is 0 Å². The van der Waals surface area contributed by atoms with Gasteiger partial charge in [-0.3, -0.25) is 4.79 Å². The zero-order valence-corrected chi connectivity index (χ0v) is 18.5. The molecule has 168 valence electrons. The van der Waals surface area contributed by atoms with E-state index in [4.69, 9.17) is 25.8 Å². The Morgan fingerprint density at radius 3 is 2.62 bits per heavy atom. The molecule has 8 heteroatoms. The second kappa shape index (κ2) is 9.24. The number of aromatic nitrogens is 1. The molecule has 0 unspecified atom stereocenters. The number of fused-ring (bicyclic) bond motifs is 3. The summed E-state index contributed by atoms with van der Waals surface area (Å²) in [6.07, 6.45) is -0.963. The second-order valence-corrected chi connectivity index (χ2v) is 7.90. The maximum Gasteiger partial charge on any atom is 0.303 e. The van der Waals surface area contributed by atoms with Crippen LogP contribution in [0.2, 0.25) is 5.02 Å². The van der Waals surface area contributed by atoms with Crippen molar-refractivity contribution in [3.8, 4) is 17.2 Å². The number of ether oxygens (including phenoxy) is 3. The Hall–Kier alpha value is -3.00. The van der Waals surface area contributed by atoms with Gasteiger partial charge in [0.25, 0.3) is 0 Å². The van der Waals surface area contributed by atoms with E-state index in [1.807, 2.05) is 41.0 Å². The molecule has 1 aromatic heterocycles. The summed E-state index contributed by atoms with van der Waals surface area (Å²) in [6.45, 7) is -0.180. The highest BCUT2D eigenvalue weighted by atomic mass is 35.5. The molecule has 0 radical (unpaired) electrons. The first-order valence-electron chi connectivity index (χ1n) is 10.2. The predicted molar refractivity (Wildman–Crippen MR) is 119 cm³/mol. The van der Waals surface area contributed by atoms with Crippen LogP contribution < -0.4 is 9.47 Å². The van der Waals surface area contributed by atoms with Crippen LogP contribution in [-0.4, -0.2) is 35.0 Å². The van der Waals surface area contributed by atoms with E-state index in [9.17, 15) is 15.0 Å². The number of hydrogen-bond acceptors (Lipinski definition) is 5. The summed E-state index contributed by atoms with van der Waals surface area (Å²) in [5, 5.41) is 19.8. The monoisotopic (exact) mass is 457 g/mol. The fourth-order valence-corrected chi connectivity index (χ4v) is 4.42. The molecule has 4 rings (SSSR count). The van der Waals surface area contributed by atoms with Crippen molar-refractivity contribution in [2.75, 3.05) is 14.2 Å². The lowest BCUT2D eigenvalue weighted by Crippen LogP contribution is -2.13. The lowest BCUT2D eigenvalue weighted by molar-refractivity contribution is -0.138. The summed E-state index contributed by atoms with van der Waals surface area (Å²) >= 11 is 6.38. The molecule has 2 heterocycles. The zero-order chi connectivity index (χ0) is 22.8. The van der Waals surface area contributed by atoms with Gasteiger partial charge in [-0.1, -0.05) is 23.7 Å². The normalized spacial score (nSPS) is 17.2. The fourth-order valence-electron chi connectivity index (χ4n) is 4.24. The van der Waals surface area contributed by atoms with E-state index in [0.29, 0.717) is 22.2 Å². The van der Waals surface area contributed by atoms with E-state index in [2.05, 4.69) is 0 Å². The average molecular weight is 458 g/mol. The predicted octanol–water partition coefficient (Wildman–Crippen LogP) is 4.67. The minimum absolute atomic E-state index is 0.0661. The van der Waals surface area contributed by atoms with Crippen molar-refractivity contribution in [2.45, 2.75) is 31.7 Å². The lowest BCUT2D eigenvalue weighted by atomic mass is 9.98. The minimum atomic E-state index is -0.908. The number of hydrogen-bond donors (Lipinski definition) is 2. The number of benzene rings is 2. The highest BCUT2D eigenvalue weighted by Crippen LogP contribution is 2.47. The lowest BCUT2D eigenvalue weighted by Gasteiger charge is -2.25. The summed E-state index contributed by atoms with van der Waals surface area (Å²) in [5.74, 6) is 0.172. The maximum atomic E-state index is 11.3. The number of carbonyl (C=O) groups is 1. The van der Waals surface area contributed by atoms with Crippen molar-refractivity contribution < 1.29 is 29.2 Å². The smallest absolute Gasteiger partial charge is 0.303 e. The molecule has 1 aliphatic rings. The number of halogens is 1. The van der Waals surface area contributed by atoms with Gasteiger partial charge < -0.3 is 29.0 Å². The van der Waals surface area contributed by atoms with Gasteiger partial charge in [-0.2, -0.15) is 0 Å². The van der Waals surface area contributed by atoms with Gasteiger partial charge in [0, 0.05) is 28.3 Å². The Labute approximate surface area is 190 Å². The Bertz CT molecular complexity index is 1140. The van der Waals surface area contributed by atoms with E-state index in [-0.39, 0.29) is 19.4 Å². The molecule has 2 aromatic carbocycles. The SMILES string of the molecule is COc1cccc([C@H]2O[C@H](CCC(=O)O)c3ccc(CO)n3-c3ccc(Cl)cc32)c1OC. The maximum absolute atomic E-state index is 11.3. The van der Waals surface area contributed by atoms with Crippen LogP contribution in [0, 0.1) is 0 Å². The van der Waals surface area contributed by atoms with E-state index in [0.717, 1.165) is 22.5 Å². The third kappa shape index (κ3) is 3.95. The topological polar surface area (TPSA) is 90.2 Å². The van der Waals surface area contributed by atoms with Crippen molar-refractivity contribution in [2.24, 2.45) is 0 Å². The second-order valence-electron chi connectivity index (χ2n) is 7.47. The molecule has 0 bridgehead atoms. The zero-order valence-electron chi connectivity index (χ0n) is 17.7. The van der Waals surface area contributed by atoms with E-state index < -0.39 is 18.2 Å². The van der Waals surface area contributed by atoms with Crippen molar-refractivity contribution >= 4 is 17.6 Å². The third-order valence-electron chi connectivity index (χ3n) is 5.63. The van der Waals surface area contributed by atoms with Gasteiger partial charge in [0.1, 0.15) is 6.10 Å². The third-order valence-corrected chi connectivity index (χ3v) is 5.87. The Balaban J connectivity index is 1.96. The summed E-state index contributed by atoms with van der Waals surface area (Å²) < 4.78 is 19.7.